The first-order valence-electron chi connectivity index (χ1n) is 3.64. The molecular formula is C8H17N2+. The third kappa shape index (κ3) is 2.31. The van der Waals surface area contributed by atoms with Gasteiger partial charge in [0.2, 0.25) is 0 Å². The molecule has 0 unspecified atom stereocenters. The predicted molar refractivity (Wildman–Crippen MR) is 44.2 cm³/mol. The largest absolute Gasteiger partial charge is 0.320 e. The van der Waals surface area contributed by atoms with E-state index >= 15 is 0 Å². The van der Waals surface area contributed by atoms with Gasteiger partial charge in [0, 0.05) is 18.7 Å². The lowest BCUT2D eigenvalue weighted by atomic mass is 10.0. The van der Waals surface area contributed by atoms with E-state index in [0.29, 0.717) is 5.92 Å². The second kappa shape index (κ2) is 4.23. The molecule has 0 radical (unpaired) electrons. The van der Waals surface area contributed by atoms with Gasteiger partial charge >= 0.3 is 0 Å². The van der Waals surface area contributed by atoms with Crippen LogP contribution in [0, 0.1) is 11.3 Å². The van der Waals surface area contributed by atoms with Gasteiger partial charge in [0.05, 0.1) is 7.05 Å². The summed E-state index contributed by atoms with van der Waals surface area (Å²) in [6.45, 7) is 6.25. The average Bonchev–Trinajstić information content (AvgIpc) is 1.88. The molecule has 0 aromatic carbocycles. The summed E-state index contributed by atoms with van der Waals surface area (Å²) in [7, 11) is 2.00. The Hall–Kier alpha value is -0.630. The summed E-state index contributed by atoms with van der Waals surface area (Å²) >= 11 is 0. The second-order valence-corrected chi connectivity index (χ2v) is 2.73. The third-order valence-corrected chi connectivity index (χ3v) is 1.67. The maximum Gasteiger partial charge on any atom is 0.107 e. The molecule has 0 amide bonds. The Labute approximate surface area is 62.8 Å². The molecule has 0 spiro atoms. The first kappa shape index (κ1) is 9.37. The minimum Gasteiger partial charge on any atom is -0.320 e. The predicted octanol–water partition coefficient (Wildman–Crippen LogP) is 0.759. The summed E-state index contributed by atoms with van der Waals surface area (Å²) in [4.78, 5) is 0. The Morgan fingerprint density at radius 2 is 2.00 bits per heavy atom. The standard InChI is InChI=1S/C8H16N2/c1-6(2)8(5-9)7(3)10-4/h5-6,9-10H,1-4H3/p+1/b8-7+,9-5?. The number of nitrogens with two attached hydrogens (primary N) is 1. The van der Waals surface area contributed by atoms with Crippen molar-refractivity contribution >= 4 is 6.21 Å². The van der Waals surface area contributed by atoms with Crippen molar-refractivity contribution in [3.63, 3.8) is 0 Å². The second-order valence-electron chi connectivity index (χ2n) is 2.73. The highest BCUT2D eigenvalue weighted by Crippen LogP contribution is 2.07. The molecule has 10 heavy (non-hydrogen) atoms. The lowest BCUT2D eigenvalue weighted by Gasteiger charge is -2.05. The van der Waals surface area contributed by atoms with Crippen molar-refractivity contribution in [3.05, 3.63) is 11.3 Å². The topological polar surface area (TPSA) is 40.5 Å². The van der Waals surface area contributed by atoms with Crippen molar-refractivity contribution in [1.82, 2.24) is 0 Å². The van der Waals surface area contributed by atoms with E-state index in [1.54, 1.807) is 0 Å². The minimum atomic E-state index is 0.466. The SMILES string of the molecule is C[NH2+]/C(C)=C(\C=N)C(C)C. The van der Waals surface area contributed by atoms with E-state index in [-0.39, 0.29) is 0 Å². The normalized spacial score (nSPS) is 13.3. The lowest BCUT2D eigenvalue weighted by molar-refractivity contribution is -0.576. The Balaban J connectivity index is 4.45. The Kier molecular flexibility index (Phi) is 3.96. The molecular weight excluding hydrogens is 124 g/mol. The zero-order valence-electron chi connectivity index (χ0n) is 7.23. The summed E-state index contributed by atoms with van der Waals surface area (Å²) in [5.74, 6) is 0.466. The van der Waals surface area contributed by atoms with Crippen LogP contribution in [0.3, 0.4) is 0 Å². The smallest absolute Gasteiger partial charge is 0.107 e. The van der Waals surface area contributed by atoms with Crippen molar-refractivity contribution in [2.24, 2.45) is 5.92 Å². The molecule has 0 aliphatic carbocycles. The van der Waals surface area contributed by atoms with Crippen molar-refractivity contribution in [2.45, 2.75) is 20.8 Å². The third-order valence-electron chi connectivity index (χ3n) is 1.67. The van der Waals surface area contributed by atoms with Crippen molar-refractivity contribution in [1.29, 1.82) is 5.41 Å². The van der Waals surface area contributed by atoms with Crippen LogP contribution in [0.1, 0.15) is 20.8 Å². The van der Waals surface area contributed by atoms with Gasteiger partial charge in [-0.2, -0.15) is 0 Å². The molecule has 0 aromatic heterocycles. The monoisotopic (exact) mass is 141 g/mol. The summed E-state index contributed by atoms with van der Waals surface area (Å²) in [6, 6.07) is 0. The van der Waals surface area contributed by atoms with Crippen LogP contribution < -0.4 is 5.32 Å². The van der Waals surface area contributed by atoms with E-state index in [4.69, 9.17) is 5.41 Å². The van der Waals surface area contributed by atoms with Crippen LogP contribution in [0.25, 0.3) is 0 Å². The number of quaternary nitrogens is 1. The molecule has 2 heteroatoms. The highest BCUT2D eigenvalue weighted by Gasteiger charge is 2.05. The molecule has 2 nitrogen and oxygen atoms in total. The van der Waals surface area contributed by atoms with E-state index < -0.39 is 0 Å². The molecule has 58 valence electrons. The van der Waals surface area contributed by atoms with Crippen LogP contribution in [0.5, 0.6) is 0 Å². The van der Waals surface area contributed by atoms with Crippen molar-refractivity contribution in [3.8, 4) is 0 Å². The van der Waals surface area contributed by atoms with Crippen LogP contribution >= 0.6 is 0 Å². The molecule has 0 heterocycles. The lowest BCUT2D eigenvalue weighted by Crippen LogP contribution is -2.77. The maximum atomic E-state index is 7.12. The molecule has 0 saturated heterocycles. The zero-order valence-corrected chi connectivity index (χ0v) is 7.23. The van der Waals surface area contributed by atoms with Crippen LogP contribution in [0.4, 0.5) is 0 Å². The van der Waals surface area contributed by atoms with Gasteiger partial charge in [-0.3, -0.25) is 0 Å². The van der Waals surface area contributed by atoms with Gasteiger partial charge < -0.3 is 10.7 Å². The molecule has 0 atom stereocenters. The van der Waals surface area contributed by atoms with Crippen LogP contribution in [0.2, 0.25) is 0 Å². The molecule has 0 bridgehead atoms. The van der Waals surface area contributed by atoms with Crippen LogP contribution in [0.15, 0.2) is 11.3 Å². The quantitative estimate of drug-likeness (QED) is 0.545. The summed E-state index contributed by atoms with van der Waals surface area (Å²) in [6.07, 6.45) is 1.44. The van der Waals surface area contributed by atoms with Gasteiger partial charge in [0.1, 0.15) is 5.70 Å². The number of hydrogen-bond acceptors (Lipinski definition) is 1. The first-order chi connectivity index (χ1) is 4.63. The Morgan fingerprint density at radius 1 is 1.50 bits per heavy atom. The van der Waals surface area contributed by atoms with E-state index in [2.05, 4.69) is 13.8 Å². The number of nitrogens with one attached hydrogen (secondary N) is 1. The molecule has 0 aliphatic rings. The van der Waals surface area contributed by atoms with Gasteiger partial charge in [0.25, 0.3) is 0 Å². The Bertz CT molecular complexity index is 145. The van der Waals surface area contributed by atoms with E-state index in [1.807, 2.05) is 19.3 Å². The van der Waals surface area contributed by atoms with E-state index in [9.17, 15) is 0 Å². The maximum absolute atomic E-state index is 7.12. The molecule has 0 aliphatic heterocycles. The van der Waals surface area contributed by atoms with E-state index in [1.165, 1.54) is 11.9 Å². The molecule has 3 N–H and O–H groups in total. The number of hydrogen-bond donors (Lipinski definition) is 2. The van der Waals surface area contributed by atoms with Gasteiger partial charge in [-0.1, -0.05) is 13.8 Å². The number of allylic oxidation sites excluding steroid dienone is 2. The summed E-state index contributed by atoms with van der Waals surface area (Å²) < 4.78 is 0. The first-order valence-corrected chi connectivity index (χ1v) is 3.64. The highest BCUT2D eigenvalue weighted by molar-refractivity contribution is 5.76. The fourth-order valence-corrected chi connectivity index (χ4v) is 0.903. The van der Waals surface area contributed by atoms with Crippen molar-refractivity contribution < 1.29 is 5.32 Å². The average molecular weight is 141 g/mol. The summed E-state index contributed by atoms with van der Waals surface area (Å²) in [5, 5.41) is 9.16. The molecule has 0 aromatic rings. The molecule has 0 fully saturated rings. The molecule has 0 rings (SSSR count). The van der Waals surface area contributed by atoms with Crippen LogP contribution in [-0.2, 0) is 0 Å². The minimum absolute atomic E-state index is 0.466. The Morgan fingerprint density at radius 3 is 2.10 bits per heavy atom. The van der Waals surface area contributed by atoms with Crippen molar-refractivity contribution in [2.75, 3.05) is 7.05 Å². The van der Waals surface area contributed by atoms with Gasteiger partial charge in [-0.25, -0.2) is 0 Å². The fourth-order valence-electron chi connectivity index (χ4n) is 0.903. The zero-order chi connectivity index (χ0) is 8.15. The summed E-state index contributed by atoms with van der Waals surface area (Å²) in [5.41, 5.74) is 2.34. The van der Waals surface area contributed by atoms with E-state index in [0.717, 1.165) is 5.57 Å². The van der Waals surface area contributed by atoms with Gasteiger partial charge in [-0.05, 0) is 5.92 Å². The fraction of sp³-hybridized carbons (Fsp3) is 0.625. The van der Waals surface area contributed by atoms with Crippen LogP contribution in [-0.4, -0.2) is 13.3 Å². The highest BCUT2D eigenvalue weighted by atomic mass is 14.8. The number of rotatable bonds is 3. The van der Waals surface area contributed by atoms with Gasteiger partial charge in [-0.15, -0.1) is 0 Å². The van der Waals surface area contributed by atoms with Gasteiger partial charge in [0.15, 0.2) is 0 Å². The molecule has 0 saturated carbocycles.